The van der Waals surface area contributed by atoms with Gasteiger partial charge in [0.05, 0.1) is 0 Å². The van der Waals surface area contributed by atoms with E-state index in [1.807, 2.05) is 39.0 Å². The third-order valence-corrected chi connectivity index (χ3v) is 3.90. The molecule has 0 aliphatic carbocycles. The maximum absolute atomic E-state index is 12.2. The summed E-state index contributed by atoms with van der Waals surface area (Å²) in [6.45, 7) is 6.56. The van der Waals surface area contributed by atoms with E-state index in [0.29, 0.717) is 12.2 Å². The summed E-state index contributed by atoms with van der Waals surface area (Å²) in [5.41, 5.74) is 2.74. The third kappa shape index (κ3) is 3.18. The van der Waals surface area contributed by atoms with Gasteiger partial charge in [-0.2, -0.15) is 0 Å². The van der Waals surface area contributed by atoms with Crippen LogP contribution < -0.4 is 5.32 Å². The number of carbonyl (C=O) groups excluding carboxylic acids is 2. The maximum Gasteiger partial charge on any atom is 0.313 e. The molecule has 1 fully saturated rings. The van der Waals surface area contributed by atoms with E-state index in [4.69, 9.17) is 0 Å². The second-order valence-electron chi connectivity index (χ2n) is 5.62. The Morgan fingerprint density at radius 3 is 2.70 bits per heavy atom. The molecule has 1 aromatic rings. The third-order valence-electron chi connectivity index (χ3n) is 3.90. The number of nitrogens with zero attached hydrogens (tertiary/aromatic N) is 1. The van der Waals surface area contributed by atoms with Gasteiger partial charge in [-0.25, -0.2) is 0 Å². The molecule has 1 saturated heterocycles. The Morgan fingerprint density at radius 2 is 2.00 bits per heavy atom. The summed E-state index contributed by atoms with van der Waals surface area (Å²) in [5.74, 6) is -0.953. The first-order valence-corrected chi connectivity index (χ1v) is 7.18. The molecule has 1 aliphatic heterocycles. The molecule has 0 aromatic heterocycles. The van der Waals surface area contributed by atoms with E-state index in [0.717, 1.165) is 30.4 Å². The first-order chi connectivity index (χ1) is 9.49. The Morgan fingerprint density at radius 1 is 1.25 bits per heavy atom. The van der Waals surface area contributed by atoms with Gasteiger partial charge < -0.3 is 10.2 Å². The van der Waals surface area contributed by atoms with E-state index in [9.17, 15) is 9.59 Å². The van der Waals surface area contributed by atoms with Crippen LogP contribution >= 0.6 is 0 Å². The van der Waals surface area contributed by atoms with Gasteiger partial charge in [0.15, 0.2) is 0 Å². The lowest BCUT2D eigenvalue weighted by molar-refractivity contribution is -0.145. The van der Waals surface area contributed by atoms with Crippen molar-refractivity contribution in [3.8, 4) is 0 Å². The van der Waals surface area contributed by atoms with Crippen LogP contribution in [0, 0.1) is 13.8 Å². The van der Waals surface area contributed by atoms with Crippen molar-refractivity contribution < 1.29 is 9.59 Å². The van der Waals surface area contributed by atoms with Crippen molar-refractivity contribution in [1.82, 2.24) is 4.90 Å². The molecule has 1 aliphatic rings. The fourth-order valence-electron chi connectivity index (χ4n) is 2.58. The van der Waals surface area contributed by atoms with E-state index in [1.165, 1.54) is 0 Å². The lowest BCUT2D eigenvalue weighted by atomic mass is 10.0. The molecule has 20 heavy (non-hydrogen) atoms. The number of nitrogens with one attached hydrogen (secondary N) is 1. The lowest BCUT2D eigenvalue weighted by Gasteiger charge is -2.32. The zero-order valence-electron chi connectivity index (χ0n) is 12.4. The van der Waals surface area contributed by atoms with E-state index < -0.39 is 11.8 Å². The molecule has 1 N–H and O–H groups in total. The van der Waals surface area contributed by atoms with E-state index in [-0.39, 0.29) is 6.04 Å². The summed E-state index contributed by atoms with van der Waals surface area (Å²) in [6, 6.07) is 5.97. The van der Waals surface area contributed by atoms with Crippen molar-refractivity contribution in [2.24, 2.45) is 0 Å². The van der Waals surface area contributed by atoms with E-state index >= 15 is 0 Å². The Labute approximate surface area is 120 Å². The zero-order valence-corrected chi connectivity index (χ0v) is 12.4. The van der Waals surface area contributed by atoms with Crippen LogP contribution in [0.1, 0.15) is 37.3 Å². The van der Waals surface area contributed by atoms with Crippen LogP contribution in [0.25, 0.3) is 0 Å². The van der Waals surface area contributed by atoms with Crippen molar-refractivity contribution in [1.29, 1.82) is 0 Å². The molecule has 0 bridgehead atoms. The molecule has 0 spiro atoms. The van der Waals surface area contributed by atoms with Gasteiger partial charge in [-0.3, -0.25) is 9.59 Å². The fourth-order valence-corrected chi connectivity index (χ4v) is 2.58. The van der Waals surface area contributed by atoms with Gasteiger partial charge in [0.25, 0.3) is 0 Å². The Kier molecular flexibility index (Phi) is 4.42. The second-order valence-corrected chi connectivity index (χ2v) is 5.62. The second kappa shape index (κ2) is 6.07. The number of hydrogen-bond donors (Lipinski definition) is 1. The summed E-state index contributed by atoms with van der Waals surface area (Å²) in [4.78, 5) is 26.0. The molecule has 0 radical (unpaired) electrons. The van der Waals surface area contributed by atoms with Crippen LogP contribution in [-0.4, -0.2) is 29.3 Å². The molecule has 2 rings (SSSR count). The molecule has 108 valence electrons. The van der Waals surface area contributed by atoms with Crippen molar-refractivity contribution in [3.63, 3.8) is 0 Å². The minimum atomic E-state index is -0.535. The number of hydrogen-bond acceptors (Lipinski definition) is 2. The molecule has 1 atom stereocenters. The predicted octanol–water partition coefficient (Wildman–Crippen LogP) is 2.64. The maximum atomic E-state index is 12.2. The highest BCUT2D eigenvalue weighted by atomic mass is 16.2. The number of carbonyl (C=O) groups is 2. The molecule has 1 heterocycles. The highest BCUT2D eigenvalue weighted by molar-refractivity contribution is 6.39. The summed E-state index contributed by atoms with van der Waals surface area (Å²) < 4.78 is 0. The average molecular weight is 274 g/mol. The van der Waals surface area contributed by atoms with E-state index in [2.05, 4.69) is 5.32 Å². The molecular formula is C16H22N2O2. The van der Waals surface area contributed by atoms with Gasteiger partial charge >= 0.3 is 11.8 Å². The minimum absolute atomic E-state index is 0.153. The molecule has 1 aromatic carbocycles. The van der Waals surface area contributed by atoms with Gasteiger partial charge in [0.1, 0.15) is 0 Å². The number of benzene rings is 1. The lowest BCUT2D eigenvalue weighted by Crippen LogP contribution is -2.47. The Bertz CT molecular complexity index is 525. The molecule has 4 heteroatoms. The smallest absolute Gasteiger partial charge is 0.313 e. The van der Waals surface area contributed by atoms with Crippen LogP contribution in [0.15, 0.2) is 18.2 Å². The van der Waals surface area contributed by atoms with Crippen molar-refractivity contribution >= 4 is 17.5 Å². The fraction of sp³-hybridized carbons (Fsp3) is 0.500. The van der Waals surface area contributed by atoms with E-state index in [1.54, 1.807) is 4.90 Å². The summed E-state index contributed by atoms with van der Waals surface area (Å²) in [6.07, 6.45) is 3.08. The summed E-state index contributed by atoms with van der Waals surface area (Å²) >= 11 is 0. The van der Waals surface area contributed by atoms with Gasteiger partial charge in [-0.15, -0.1) is 0 Å². The normalized spacial score (nSPS) is 18.8. The SMILES string of the molecule is Cc1ccc(C)c(NC(=O)C(=O)N2CCCCC2C)c1. The van der Waals surface area contributed by atoms with Crippen molar-refractivity contribution in [2.75, 3.05) is 11.9 Å². The number of anilines is 1. The number of piperidine rings is 1. The van der Waals surface area contributed by atoms with Crippen LogP contribution in [-0.2, 0) is 9.59 Å². The summed E-state index contributed by atoms with van der Waals surface area (Å²) in [7, 11) is 0. The highest BCUT2D eigenvalue weighted by Crippen LogP contribution is 2.19. The topological polar surface area (TPSA) is 49.4 Å². The number of likely N-dealkylation sites (tertiary alicyclic amines) is 1. The Balaban J connectivity index is 2.07. The molecule has 0 saturated carbocycles. The molecular weight excluding hydrogens is 252 g/mol. The summed E-state index contributed by atoms with van der Waals surface area (Å²) in [5, 5.41) is 2.74. The minimum Gasteiger partial charge on any atom is -0.332 e. The molecule has 1 unspecified atom stereocenters. The largest absolute Gasteiger partial charge is 0.332 e. The van der Waals surface area contributed by atoms with Gasteiger partial charge in [-0.1, -0.05) is 12.1 Å². The quantitative estimate of drug-likeness (QED) is 0.800. The zero-order chi connectivity index (χ0) is 14.7. The standard InChI is InChI=1S/C16H22N2O2/c1-11-7-8-12(2)14(10-11)17-15(19)16(20)18-9-5-4-6-13(18)3/h7-8,10,13H,4-6,9H2,1-3H3,(H,17,19). The van der Waals surface area contributed by atoms with Crippen LogP contribution in [0.5, 0.6) is 0 Å². The van der Waals surface area contributed by atoms with Gasteiger partial charge in [0, 0.05) is 18.3 Å². The van der Waals surface area contributed by atoms with Crippen LogP contribution in [0.4, 0.5) is 5.69 Å². The van der Waals surface area contributed by atoms with Gasteiger partial charge in [0.2, 0.25) is 0 Å². The van der Waals surface area contributed by atoms with Crippen molar-refractivity contribution in [3.05, 3.63) is 29.3 Å². The first kappa shape index (κ1) is 14.6. The Hall–Kier alpha value is -1.84. The molecule has 4 nitrogen and oxygen atoms in total. The number of amides is 2. The van der Waals surface area contributed by atoms with Crippen molar-refractivity contribution in [2.45, 2.75) is 46.1 Å². The molecule has 2 amide bonds. The van der Waals surface area contributed by atoms with Gasteiger partial charge in [-0.05, 0) is 57.2 Å². The number of rotatable bonds is 1. The highest BCUT2D eigenvalue weighted by Gasteiger charge is 2.28. The number of aryl methyl sites for hydroxylation is 2. The predicted molar refractivity (Wildman–Crippen MR) is 79.6 cm³/mol. The van der Waals surface area contributed by atoms with Crippen LogP contribution in [0.3, 0.4) is 0 Å². The van der Waals surface area contributed by atoms with Crippen LogP contribution in [0.2, 0.25) is 0 Å². The monoisotopic (exact) mass is 274 g/mol. The first-order valence-electron chi connectivity index (χ1n) is 7.18. The average Bonchev–Trinajstić information content (AvgIpc) is 2.42.